The maximum atomic E-state index is 5.71. The molecule has 2 nitrogen and oxygen atoms in total. The molecule has 0 aliphatic heterocycles. The molecule has 0 radical (unpaired) electrons. The Hall–Kier alpha value is -1.10. The van der Waals surface area contributed by atoms with Crippen molar-refractivity contribution in [2.45, 2.75) is 13.0 Å². The second-order valence-corrected chi connectivity index (χ2v) is 6.48. The number of fused-ring (bicyclic) bond motifs is 1. The van der Waals surface area contributed by atoms with Gasteiger partial charge in [-0.05, 0) is 52.0 Å². The summed E-state index contributed by atoms with van der Waals surface area (Å²) in [6.45, 7) is 1.61. The van der Waals surface area contributed by atoms with Crippen molar-refractivity contribution >= 4 is 38.2 Å². The smallest absolute Gasteiger partial charge is 0.0569 e. The predicted octanol–water partition coefficient (Wildman–Crippen LogP) is 4.01. The molecule has 0 atom stereocenters. The zero-order valence-electron chi connectivity index (χ0n) is 10.5. The summed E-state index contributed by atoms with van der Waals surface area (Å²) >= 11 is 5.29. The summed E-state index contributed by atoms with van der Waals surface area (Å²) in [5, 5.41) is 3.42. The van der Waals surface area contributed by atoms with Crippen molar-refractivity contribution in [2.75, 3.05) is 6.54 Å². The molecule has 0 amide bonds. The number of para-hydroxylation sites is 1. The van der Waals surface area contributed by atoms with Crippen LogP contribution in [0, 0.1) is 0 Å². The lowest BCUT2D eigenvalue weighted by Gasteiger charge is -2.08. The van der Waals surface area contributed by atoms with E-state index in [4.69, 9.17) is 5.73 Å². The highest BCUT2D eigenvalue weighted by atomic mass is 79.9. The van der Waals surface area contributed by atoms with Gasteiger partial charge in [0.15, 0.2) is 0 Å². The summed E-state index contributed by atoms with van der Waals surface area (Å²) in [6, 6.07) is 10.8. The minimum atomic E-state index is 0.689. The zero-order valence-corrected chi connectivity index (χ0v) is 12.9. The van der Waals surface area contributed by atoms with Gasteiger partial charge >= 0.3 is 0 Å². The SMILES string of the molecule is NCCc1cccc2ccn(Cc3cc(Br)cs3)c12. The van der Waals surface area contributed by atoms with Crippen molar-refractivity contribution in [2.24, 2.45) is 5.73 Å². The lowest BCUT2D eigenvalue weighted by atomic mass is 10.1. The zero-order chi connectivity index (χ0) is 13.2. The van der Waals surface area contributed by atoms with Gasteiger partial charge in [-0.15, -0.1) is 11.3 Å². The highest BCUT2D eigenvalue weighted by Crippen LogP contribution is 2.25. The standard InChI is InChI=1S/C15H15BrN2S/c16-13-8-14(19-10-13)9-18-7-5-12-3-1-2-11(4-6-17)15(12)18/h1-3,5,7-8,10H,4,6,9,17H2. The number of hydrogen-bond donors (Lipinski definition) is 1. The Labute approximate surface area is 125 Å². The van der Waals surface area contributed by atoms with E-state index in [1.54, 1.807) is 11.3 Å². The molecular formula is C15H15BrN2S. The summed E-state index contributed by atoms with van der Waals surface area (Å²) < 4.78 is 3.48. The molecule has 19 heavy (non-hydrogen) atoms. The van der Waals surface area contributed by atoms with Gasteiger partial charge in [0.05, 0.1) is 12.1 Å². The molecule has 0 saturated carbocycles. The highest BCUT2D eigenvalue weighted by molar-refractivity contribution is 9.10. The van der Waals surface area contributed by atoms with E-state index < -0.39 is 0 Å². The van der Waals surface area contributed by atoms with E-state index in [-0.39, 0.29) is 0 Å². The van der Waals surface area contributed by atoms with Gasteiger partial charge in [-0.3, -0.25) is 0 Å². The first-order chi connectivity index (χ1) is 9.28. The van der Waals surface area contributed by atoms with E-state index in [1.165, 1.54) is 21.3 Å². The molecule has 98 valence electrons. The Morgan fingerprint density at radius 3 is 2.89 bits per heavy atom. The Morgan fingerprint density at radius 1 is 1.26 bits per heavy atom. The first kappa shape index (κ1) is 12.9. The number of rotatable bonds is 4. The molecule has 0 spiro atoms. The highest BCUT2D eigenvalue weighted by Gasteiger charge is 2.07. The van der Waals surface area contributed by atoms with E-state index >= 15 is 0 Å². The molecule has 3 rings (SSSR count). The molecule has 0 aliphatic rings. The van der Waals surface area contributed by atoms with Crippen LogP contribution in [0.5, 0.6) is 0 Å². The van der Waals surface area contributed by atoms with Crippen LogP contribution in [0.2, 0.25) is 0 Å². The van der Waals surface area contributed by atoms with Crippen molar-refractivity contribution in [3.8, 4) is 0 Å². The minimum absolute atomic E-state index is 0.689. The first-order valence-electron chi connectivity index (χ1n) is 6.27. The van der Waals surface area contributed by atoms with E-state index in [9.17, 15) is 0 Å². The molecular weight excluding hydrogens is 320 g/mol. The molecule has 0 bridgehead atoms. The monoisotopic (exact) mass is 334 g/mol. The summed E-state index contributed by atoms with van der Waals surface area (Å²) in [4.78, 5) is 1.35. The fourth-order valence-corrected chi connectivity index (χ4v) is 3.88. The molecule has 3 aromatic rings. The number of thiophene rings is 1. The van der Waals surface area contributed by atoms with Crippen molar-refractivity contribution in [1.82, 2.24) is 4.57 Å². The molecule has 0 aliphatic carbocycles. The van der Waals surface area contributed by atoms with Crippen LogP contribution in [0.1, 0.15) is 10.4 Å². The van der Waals surface area contributed by atoms with E-state index in [2.05, 4.69) is 62.4 Å². The fraction of sp³-hybridized carbons (Fsp3) is 0.200. The van der Waals surface area contributed by atoms with Crippen LogP contribution in [0.3, 0.4) is 0 Å². The first-order valence-corrected chi connectivity index (χ1v) is 7.95. The topological polar surface area (TPSA) is 30.9 Å². The third kappa shape index (κ3) is 2.61. The maximum Gasteiger partial charge on any atom is 0.0569 e. The fourth-order valence-electron chi connectivity index (χ4n) is 2.43. The molecule has 4 heteroatoms. The summed E-state index contributed by atoms with van der Waals surface area (Å²) in [5.41, 5.74) is 8.36. The number of halogens is 1. The average molecular weight is 335 g/mol. The van der Waals surface area contributed by atoms with Crippen LogP contribution >= 0.6 is 27.3 Å². The number of nitrogens with zero attached hydrogens (tertiary/aromatic N) is 1. The molecule has 0 fully saturated rings. The van der Waals surface area contributed by atoms with Crippen molar-refractivity contribution in [3.63, 3.8) is 0 Å². The van der Waals surface area contributed by atoms with Crippen LogP contribution in [0.25, 0.3) is 10.9 Å². The van der Waals surface area contributed by atoms with Gasteiger partial charge in [0.1, 0.15) is 0 Å². The number of benzene rings is 1. The molecule has 2 aromatic heterocycles. The van der Waals surface area contributed by atoms with E-state index in [1.807, 2.05) is 0 Å². The molecule has 2 N–H and O–H groups in total. The second kappa shape index (κ2) is 5.49. The minimum Gasteiger partial charge on any atom is -0.342 e. The summed E-state index contributed by atoms with van der Waals surface area (Å²) in [7, 11) is 0. The lowest BCUT2D eigenvalue weighted by molar-refractivity contribution is 0.841. The van der Waals surface area contributed by atoms with Gasteiger partial charge < -0.3 is 10.3 Å². The molecule has 0 unspecified atom stereocenters. The Kier molecular flexibility index (Phi) is 3.73. The van der Waals surface area contributed by atoms with Crippen molar-refractivity contribution in [1.29, 1.82) is 0 Å². The maximum absolute atomic E-state index is 5.71. The Balaban J connectivity index is 2.03. The van der Waals surface area contributed by atoms with Crippen molar-refractivity contribution in [3.05, 3.63) is 56.8 Å². The third-order valence-corrected chi connectivity index (χ3v) is 4.92. The van der Waals surface area contributed by atoms with Crippen LogP contribution < -0.4 is 5.73 Å². The van der Waals surface area contributed by atoms with Crippen LogP contribution in [-0.4, -0.2) is 11.1 Å². The molecule has 1 aromatic carbocycles. The number of aromatic nitrogens is 1. The quantitative estimate of drug-likeness (QED) is 0.767. The summed E-state index contributed by atoms with van der Waals surface area (Å²) in [6.07, 6.45) is 3.09. The van der Waals surface area contributed by atoms with Gasteiger partial charge in [-0.2, -0.15) is 0 Å². The van der Waals surface area contributed by atoms with Gasteiger partial charge in [-0.1, -0.05) is 18.2 Å². The number of nitrogens with two attached hydrogens (primary N) is 1. The Morgan fingerprint density at radius 2 is 2.16 bits per heavy atom. The van der Waals surface area contributed by atoms with E-state index in [0.29, 0.717) is 6.54 Å². The van der Waals surface area contributed by atoms with Crippen LogP contribution in [0.4, 0.5) is 0 Å². The third-order valence-electron chi connectivity index (χ3n) is 3.23. The normalized spacial score (nSPS) is 11.3. The van der Waals surface area contributed by atoms with Gasteiger partial charge in [0.2, 0.25) is 0 Å². The summed E-state index contributed by atoms with van der Waals surface area (Å²) in [5.74, 6) is 0. The van der Waals surface area contributed by atoms with Gasteiger partial charge in [0.25, 0.3) is 0 Å². The number of hydrogen-bond acceptors (Lipinski definition) is 2. The largest absolute Gasteiger partial charge is 0.342 e. The van der Waals surface area contributed by atoms with Gasteiger partial charge in [-0.25, -0.2) is 0 Å². The molecule has 2 heterocycles. The average Bonchev–Trinajstić information content (AvgIpc) is 2.98. The second-order valence-electron chi connectivity index (χ2n) is 4.57. The van der Waals surface area contributed by atoms with Gasteiger partial charge in [0, 0.05) is 20.9 Å². The lowest BCUT2D eigenvalue weighted by Crippen LogP contribution is -2.05. The van der Waals surface area contributed by atoms with Crippen LogP contribution in [-0.2, 0) is 13.0 Å². The predicted molar refractivity (Wildman–Crippen MR) is 85.8 cm³/mol. The molecule has 0 saturated heterocycles. The van der Waals surface area contributed by atoms with E-state index in [0.717, 1.165) is 17.4 Å². The van der Waals surface area contributed by atoms with Crippen LogP contribution in [0.15, 0.2) is 46.4 Å². The Bertz CT molecular complexity index is 699. The van der Waals surface area contributed by atoms with Crippen molar-refractivity contribution < 1.29 is 0 Å².